The van der Waals surface area contributed by atoms with Crippen LogP contribution in [-0.4, -0.2) is 17.0 Å². The van der Waals surface area contributed by atoms with Crippen LogP contribution in [0.4, 0.5) is 10.1 Å². The zero-order valence-corrected chi connectivity index (χ0v) is 10.8. The first kappa shape index (κ1) is 14.0. The lowest BCUT2D eigenvalue weighted by atomic mass is 10.1. The maximum absolute atomic E-state index is 13.6. The third-order valence-electron chi connectivity index (χ3n) is 2.54. The van der Waals surface area contributed by atoms with Gasteiger partial charge in [-0.05, 0) is 36.4 Å². The molecule has 2 aromatic rings. The van der Waals surface area contributed by atoms with Gasteiger partial charge in [0.2, 0.25) is 0 Å². The van der Waals surface area contributed by atoms with Crippen molar-refractivity contribution in [2.45, 2.75) is 0 Å². The Balaban J connectivity index is 2.23. The van der Waals surface area contributed by atoms with Crippen molar-refractivity contribution in [1.82, 2.24) is 0 Å². The SMILES string of the molecule is O=C(O)c1cccc(NC(=O)c2ccc(Cl)cc2F)c1. The second kappa shape index (κ2) is 5.71. The molecule has 0 fully saturated rings. The molecule has 0 bridgehead atoms. The second-order valence-electron chi connectivity index (χ2n) is 3.96. The van der Waals surface area contributed by atoms with Gasteiger partial charge in [0, 0.05) is 10.7 Å². The van der Waals surface area contributed by atoms with Gasteiger partial charge in [-0.15, -0.1) is 0 Å². The molecule has 0 saturated heterocycles. The van der Waals surface area contributed by atoms with Crippen molar-refractivity contribution < 1.29 is 19.1 Å². The molecule has 2 rings (SSSR count). The third-order valence-corrected chi connectivity index (χ3v) is 2.78. The van der Waals surface area contributed by atoms with Gasteiger partial charge in [0.25, 0.3) is 5.91 Å². The van der Waals surface area contributed by atoms with Crippen LogP contribution in [0.25, 0.3) is 0 Å². The van der Waals surface area contributed by atoms with Crippen molar-refractivity contribution in [3.05, 3.63) is 64.4 Å². The molecular formula is C14H9ClFNO3. The largest absolute Gasteiger partial charge is 0.478 e. The molecule has 0 aliphatic heterocycles. The molecule has 6 heteroatoms. The number of rotatable bonds is 3. The van der Waals surface area contributed by atoms with Crippen molar-refractivity contribution in [3.63, 3.8) is 0 Å². The highest BCUT2D eigenvalue weighted by molar-refractivity contribution is 6.30. The fraction of sp³-hybridized carbons (Fsp3) is 0. The molecule has 2 aromatic carbocycles. The van der Waals surface area contributed by atoms with E-state index in [9.17, 15) is 14.0 Å². The quantitative estimate of drug-likeness (QED) is 0.911. The number of hydrogen-bond acceptors (Lipinski definition) is 2. The average Bonchev–Trinajstić information content (AvgIpc) is 2.38. The Morgan fingerprint density at radius 3 is 2.55 bits per heavy atom. The van der Waals surface area contributed by atoms with E-state index >= 15 is 0 Å². The number of hydrogen-bond donors (Lipinski definition) is 2. The summed E-state index contributed by atoms with van der Waals surface area (Å²) >= 11 is 5.60. The number of benzene rings is 2. The summed E-state index contributed by atoms with van der Waals surface area (Å²) < 4.78 is 13.6. The highest BCUT2D eigenvalue weighted by atomic mass is 35.5. The van der Waals surface area contributed by atoms with Crippen LogP contribution in [-0.2, 0) is 0 Å². The summed E-state index contributed by atoms with van der Waals surface area (Å²) in [5, 5.41) is 11.5. The van der Waals surface area contributed by atoms with Gasteiger partial charge < -0.3 is 10.4 Å². The molecule has 0 atom stereocenters. The minimum Gasteiger partial charge on any atom is -0.478 e. The van der Waals surface area contributed by atoms with Gasteiger partial charge in [0.1, 0.15) is 5.82 Å². The molecule has 0 unspecified atom stereocenters. The highest BCUT2D eigenvalue weighted by Crippen LogP contribution is 2.17. The van der Waals surface area contributed by atoms with Crippen molar-refractivity contribution in [2.24, 2.45) is 0 Å². The number of carbonyl (C=O) groups is 2. The van der Waals surface area contributed by atoms with E-state index in [1.165, 1.54) is 36.4 Å². The summed E-state index contributed by atoms with van der Waals surface area (Å²) in [5.74, 6) is -2.54. The number of halogens is 2. The zero-order valence-electron chi connectivity index (χ0n) is 10.1. The summed E-state index contributed by atoms with van der Waals surface area (Å²) in [6.07, 6.45) is 0. The van der Waals surface area contributed by atoms with Crippen LogP contribution in [0.1, 0.15) is 20.7 Å². The van der Waals surface area contributed by atoms with E-state index in [2.05, 4.69) is 5.32 Å². The number of carboxylic acid groups (broad SMARTS) is 1. The Bertz CT molecular complexity index is 688. The predicted octanol–water partition coefficient (Wildman–Crippen LogP) is 3.43. The Kier molecular flexibility index (Phi) is 4.00. The van der Waals surface area contributed by atoms with E-state index in [-0.39, 0.29) is 21.8 Å². The van der Waals surface area contributed by atoms with E-state index in [4.69, 9.17) is 16.7 Å². The van der Waals surface area contributed by atoms with Crippen molar-refractivity contribution in [1.29, 1.82) is 0 Å². The molecule has 4 nitrogen and oxygen atoms in total. The predicted molar refractivity (Wildman–Crippen MR) is 72.8 cm³/mol. The molecule has 0 saturated carbocycles. The van der Waals surface area contributed by atoms with E-state index in [1.807, 2.05) is 0 Å². The van der Waals surface area contributed by atoms with Crippen LogP contribution >= 0.6 is 11.6 Å². The lowest BCUT2D eigenvalue weighted by Gasteiger charge is -2.07. The summed E-state index contributed by atoms with van der Waals surface area (Å²) in [5.41, 5.74) is 0.124. The summed E-state index contributed by atoms with van der Waals surface area (Å²) in [4.78, 5) is 22.7. The summed E-state index contributed by atoms with van der Waals surface area (Å²) in [6, 6.07) is 9.36. The van der Waals surface area contributed by atoms with Crippen molar-refractivity contribution in [2.75, 3.05) is 5.32 Å². The smallest absolute Gasteiger partial charge is 0.335 e. The molecular weight excluding hydrogens is 285 g/mol. The molecule has 0 aliphatic rings. The standard InChI is InChI=1S/C14H9ClFNO3/c15-9-4-5-11(12(16)7-9)13(18)17-10-3-1-2-8(6-10)14(19)20/h1-7H,(H,17,18)(H,19,20). The molecule has 0 aromatic heterocycles. The third kappa shape index (κ3) is 3.13. The van der Waals surface area contributed by atoms with Crippen LogP contribution in [0, 0.1) is 5.82 Å². The molecule has 102 valence electrons. The van der Waals surface area contributed by atoms with E-state index in [0.29, 0.717) is 0 Å². The van der Waals surface area contributed by atoms with Crippen LogP contribution in [0.5, 0.6) is 0 Å². The topological polar surface area (TPSA) is 66.4 Å². The minimum atomic E-state index is -1.11. The molecule has 0 aliphatic carbocycles. The van der Waals surface area contributed by atoms with E-state index in [1.54, 1.807) is 0 Å². The number of aromatic carboxylic acids is 1. The number of amides is 1. The number of carbonyl (C=O) groups excluding carboxylic acids is 1. The van der Waals surface area contributed by atoms with Crippen LogP contribution < -0.4 is 5.32 Å². The molecule has 1 amide bonds. The van der Waals surface area contributed by atoms with Gasteiger partial charge in [-0.1, -0.05) is 17.7 Å². The van der Waals surface area contributed by atoms with Gasteiger partial charge in [-0.25, -0.2) is 9.18 Å². The monoisotopic (exact) mass is 293 g/mol. The van der Waals surface area contributed by atoms with Gasteiger partial charge in [0.05, 0.1) is 11.1 Å². The van der Waals surface area contributed by atoms with Crippen LogP contribution in [0.2, 0.25) is 5.02 Å². The number of anilines is 1. The van der Waals surface area contributed by atoms with E-state index in [0.717, 1.165) is 6.07 Å². The first-order chi connectivity index (χ1) is 9.47. The Labute approximate surface area is 118 Å². The maximum Gasteiger partial charge on any atom is 0.335 e. The lowest BCUT2D eigenvalue weighted by molar-refractivity contribution is 0.0696. The number of carboxylic acids is 1. The zero-order chi connectivity index (χ0) is 14.7. The van der Waals surface area contributed by atoms with E-state index < -0.39 is 17.7 Å². The second-order valence-corrected chi connectivity index (χ2v) is 4.40. The van der Waals surface area contributed by atoms with Crippen LogP contribution in [0.15, 0.2) is 42.5 Å². The average molecular weight is 294 g/mol. The Morgan fingerprint density at radius 2 is 1.90 bits per heavy atom. The molecule has 20 heavy (non-hydrogen) atoms. The van der Waals surface area contributed by atoms with Gasteiger partial charge >= 0.3 is 5.97 Å². The first-order valence-corrected chi connectivity index (χ1v) is 5.95. The Hall–Kier alpha value is -2.40. The molecule has 2 N–H and O–H groups in total. The highest BCUT2D eigenvalue weighted by Gasteiger charge is 2.13. The fourth-order valence-electron chi connectivity index (χ4n) is 1.60. The molecule has 0 radical (unpaired) electrons. The first-order valence-electron chi connectivity index (χ1n) is 5.57. The number of nitrogens with one attached hydrogen (secondary N) is 1. The summed E-state index contributed by atoms with van der Waals surface area (Å²) in [6.45, 7) is 0. The van der Waals surface area contributed by atoms with Crippen LogP contribution in [0.3, 0.4) is 0 Å². The van der Waals surface area contributed by atoms with Gasteiger partial charge in [0.15, 0.2) is 0 Å². The molecule has 0 spiro atoms. The Morgan fingerprint density at radius 1 is 1.15 bits per heavy atom. The summed E-state index contributed by atoms with van der Waals surface area (Å²) in [7, 11) is 0. The molecule has 0 heterocycles. The van der Waals surface area contributed by atoms with Crippen molar-refractivity contribution in [3.8, 4) is 0 Å². The normalized spacial score (nSPS) is 10.1. The van der Waals surface area contributed by atoms with Gasteiger partial charge in [-0.2, -0.15) is 0 Å². The minimum absolute atomic E-state index is 0.0272. The lowest BCUT2D eigenvalue weighted by Crippen LogP contribution is -2.14. The van der Waals surface area contributed by atoms with Crippen molar-refractivity contribution >= 4 is 29.2 Å². The fourth-order valence-corrected chi connectivity index (χ4v) is 1.76. The van der Waals surface area contributed by atoms with Gasteiger partial charge in [-0.3, -0.25) is 4.79 Å². The maximum atomic E-state index is 13.6.